The average molecular weight is 463 g/mol. The van der Waals surface area contributed by atoms with Gasteiger partial charge in [-0.05, 0) is 42.8 Å². The predicted octanol–water partition coefficient (Wildman–Crippen LogP) is 5.42. The van der Waals surface area contributed by atoms with Gasteiger partial charge in [0.1, 0.15) is 12.4 Å². The highest BCUT2D eigenvalue weighted by atomic mass is 35.5. The Labute approximate surface area is 197 Å². The molecule has 0 aliphatic rings. The molecule has 0 N–H and O–H groups in total. The number of carbonyl (C=O) groups is 1. The van der Waals surface area contributed by atoms with E-state index in [1.54, 1.807) is 41.6 Å². The smallest absolute Gasteiger partial charge is 0.254 e. The van der Waals surface area contributed by atoms with Gasteiger partial charge < -0.3 is 14.1 Å². The van der Waals surface area contributed by atoms with Gasteiger partial charge in [-0.1, -0.05) is 42.8 Å². The van der Waals surface area contributed by atoms with Gasteiger partial charge in [-0.15, -0.1) is 10.2 Å². The summed E-state index contributed by atoms with van der Waals surface area (Å²) in [6, 6.07) is 18.2. The molecular formula is C25H23ClN4O3. The third-order valence-corrected chi connectivity index (χ3v) is 5.22. The van der Waals surface area contributed by atoms with E-state index in [1.807, 2.05) is 43.3 Å². The quantitative estimate of drug-likeness (QED) is 0.330. The molecule has 2 aromatic heterocycles. The van der Waals surface area contributed by atoms with Crippen LogP contribution in [0, 0.1) is 0 Å². The van der Waals surface area contributed by atoms with Crippen molar-refractivity contribution in [3.05, 3.63) is 95.1 Å². The van der Waals surface area contributed by atoms with Crippen molar-refractivity contribution in [2.24, 2.45) is 0 Å². The van der Waals surface area contributed by atoms with Crippen LogP contribution in [0.4, 0.5) is 0 Å². The minimum absolute atomic E-state index is 0.138. The summed E-state index contributed by atoms with van der Waals surface area (Å²) in [4.78, 5) is 19.0. The van der Waals surface area contributed by atoms with Crippen LogP contribution in [0.25, 0.3) is 11.5 Å². The number of rotatable bonds is 9. The monoisotopic (exact) mass is 462 g/mol. The molecule has 2 aromatic carbocycles. The number of aromatic nitrogens is 3. The molecule has 0 aliphatic heterocycles. The van der Waals surface area contributed by atoms with Crippen molar-refractivity contribution in [3.63, 3.8) is 0 Å². The highest BCUT2D eigenvalue weighted by Gasteiger charge is 2.20. The number of halogens is 1. The van der Waals surface area contributed by atoms with E-state index in [0.29, 0.717) is 46.8 Å². The molecule has 0 saturated carbocycles. The van der Waals surface area contributed by atoms with Gasteiger partial charge in [0.05, 0.1) is 17.1 Å². The van der Waals surface area contributed by atoms with E-state index in [1.165, 1.54) is 0 Å². The van der Waals surface area contributed by atoms with E-state index in [9.17, 15) is 4.79 Å². The molecule has 168 valence electrons. The van der Waals surface area contributed by atoms with Crippen molar-refractivity contribution in [1.82, 2.24) is 20.1 Å². The van der Waals surface area contributed by atoms with Crippen molar-refractivity contribution in [1.29, 1.82) is 0 Å². The fraction of sp³-hybridized carbons (Fsp3) is 0.200. The number of amides is 1. The van der Waals surface area contributed by atoms with E-state index in [0.717, 1.165) is 12.0 Å². The molecule has 2 heterocycles. The summed E-state index contributed by atoms with van der Waals surface area (Å²) in [5.41, 5.74) is 2.13. The van der Waals surface area contributed by atoms with Gasteiger partial charge >= 0.3 is 0 Å². The number of benzene rings is 2. The van der Waals surface area contributed by atoms with E-state index in [-0.39, 0.29) is 12.5 Å². The van der Waals surface area contributed by atoms with Crippen LogP contribution in [0.2, 0.25) is 5.02 Å². The lowest BCUT2D eigenvalue weighted by Gasteiger charge is -2.20. The van der Waals surface area contributed by atoms with Crippen molar-refractivity contribution < 1.29 is 13.9 Å². The summed E-state index contributed by atoms with van der Waals surface area (Å²) >= 11 is 6.23. The largest absolute Gasteiger partial charge is 0.489 e. The SMILES string of the molecule is CCCN(Cc1nnc(-c2ccccc2Cl)o1)C(=O)c1cccc(OCc2cccnc2)c1. The molecule has 4 rings (SSSR count). The number of hydrogen-bond acceptors (Lipinski definition) is 6. The maximum Gasteiger partial charge on any atom is 0.254 e. The van der Waals surface area contributed by atoms with E-state index in [2.05, 4.69) is 15.2 Å². The first-order valence-corrected chi connectivity index (χ1v) is 11.0. The van der Waals surface area contributed by atoms with E-state index < -0.39 is 0 Å². The van der Waals surface area contributed by atoms with Crippen molar-refractivity contribution in [2.75, 3.05) is 6.54 Å². The Morgan fingerprint density at radius 2 is 1.97 bits per heavy atom. The van der Waals surface area contributed by atoms with Gasteiger partial charge in [-0.2, -0.15) is 0 Å². The van der Waals surface area contributed by atoms with Gasteiger partial charge in [-0.3, -0.25) is 9.78 Å². The average Bonchev–Trinajstić information content (AvgIpc) is 3.31. The second-order valence-corrected chi connectivity index (χ2v) is 7.79. The third kappa shape index (κ3) is 5.75. The summed E-state index contributed by atoms with van der Waals surface area (Å²) in [5.74, 6) is 1.14. The second-order valence-electron chi connectivity index (χ2n) is 7.39. The van der Waals surface area contributed by atoms with E-state index in [4.69, 9.17) is 20.8 Å². The normalized spacial score (nSPS) is 10.7. The Balaban J connectivity index is 1.47. The molecule has 0 unspecified atom stereocenters. The van der Waals surface area contributed by atoms with Crippen LogP contribution in [0.3, 0.4) is 0 Å². The fourth-order valence-corrected chi connectivity index (χ4v) is 3.51. The first kappa shape index (κ1) is 22.5. The van der Waals surface area contributed by atoms with Crippen molar-refractivity contribution in [2.45, 2.75) is 26.5 Å². The second kappa shape index (κ2) is 10.7. The van der Waals surface area contributed by atoms with Gasteiger partial charge in [0, 0.05) is 30.1 Å². The molecule has 1 amide bonds. The molecule has 33 heavy (non-hydrogen) atoms. The van der Waals surface area contributed by atoms with Crippen LogP contribution in [0.1, 0.15) is 35.2 Å². The Hall–Kier alpha value is -3.71. The Morgan fingerprint density at radius 3 is 2.76 bits per heavy atom. The van der Waals surface area contributed by atoms with Gasteiger partial charge in [0.25, 0.3) is 5.91 Å². The standard InChI is InChI=1S/C25H23ClN4O3/c1-2-13-30(16-23-28-29-24(33-23)21-10-3-4-11-22(21)26)25(31)19-8-5-9-20(14-19)32-17-18-7-6-12-27-15-18/h3-12,14-15H,2,13,16-17H2,1H3. The maximum absolute atomic E-state index is 13.2. The van der Waals surface area contributed by atoms with Gasteiger partial charge in [0.15, 0.2) is 0 Å². The zero-order valence-electron chi connectivity index (χ0n) is 18.1. The zero-order chi connectivity index (χ0) is 23.0. The van der Waals surface area contributed by atoms with Crippen molar-refractivity contribution >= 4 is 17.5 Å². The Kier molecular flexibility index (Phi) is 7.32. The highest BCUT2D eigenvalue weighted by Crippen LogP contribution is 2.26. The van der Waals surface area contributed by atoms with Gasteiger partial charge in [-0.25, -0.2) is 0 Å². The summed E-state index contributed by atoms with van der Waals surface area (Å²) in [7, 11) is 0. The Morgan fingerprint density at radius 1 is 1.09 bits per heavy atom. The topological polar surface area (TPSA) is 81.4 Å². The number of hydrogen-bond donors (Lipinski definition) is 0. The van der Waals surface area contributed by atoms with Gasteiger partial charge in [0.2, 0.25) is 11.8 Å². The molecule has 0 fully saturated rings. The lowest BCUT2D eigenvalue weighted by Crippen LogP contribution is -2.31. The number of ether oxygens (including phenoxy) is 1. The molecule has 7 nitrogen and oxygen atoms in total. The number of nitrogens with zero attached hydrogens (tertiary/aromatic N) is 4. The molecule has 8 heteroatoms. The number of carbonyl (C=O) groups excluding carboxylic acids is 1. The first-order chi connectivity index (χ1) is 16.1. The molecular weight excluding hydrogens is 440 g/mol. The van der Waals surface area contributed by atoms with Crippen LogP contribution >= 0.6 is 11.6 Å². The summed E-state index contributed by atoms with van der Waals surface area (Å²) in [5, 5.41) is 8.73. The summed E-state index contributed by atoms with van der Waals surface area (Å²) in [6.45, 7) is 3.13. The molecule has 4 aromatic rings. The minimum atomic E-state index is -0.138. The minimum Gasteiger partial charge on any atom is -0.489 e. The van der Waals surface area contributed by atoms with Crippen LogP contribution in [0.15, 0.2) is 77.5 Å². The number of pyridine rings is 1. The lowest BCUT2D eigenvalue weighted by molar-refractivity contribution is 0.0728. The molecule has 0 spiro atoms. The summed E-state index contributed by atoms with van der Waals surface area (Å²) in [6.07, 6.45) is 4.25. The Bertz CT molecular complexity index is 1210. The van der Waals surface area contributed by atoms with Crippen LogP contribution in [-0.4, -0.2) is 32.5 Å². The predicted molar refractivity (Wildman–Crippen MR) is 125 cm³/mol. The van der Waals surface area contributed by atoms with Crippen LogP contribution in [-0.2, 0) is 13.2 Å². The molecule has 0 atom stereocenters. The molecule has 0 bridgehead atoms. The molecule has 0 aliphatic carbocycles. The molecule has 0 radical (unpaired) electrons. The van der Waals surface area contributed by atoms with E-state index >= 15 is 0 Å². The summed E-state index contributed by atoms with van der Waals surface area (Å²) < 4.78 is 11.6. The maximum atomic E-state index is 13.2. The van der Waals surface area contributed by atoms with Crippen LogP contribution < -0.4 is 4.74 Å². The lowest BCUT2D eigenvalue weighted by atomic mass is 10.2. The molecule has 0 saturated heterocycles. The van der Waals surface area contributed by atoms with Crippen molar-refractivity contribution in [3.8, 4) is 17.2 Å². The third-order valence-electron chi connectivity index (χ3n) is 4.89. The highest BCUT2D eigenvalue weighted by molar-refractivity contribution is 6.33. The fourth-order valence-electron chi connectivity index (χ4n) is 3.30. The van der Waals surface area contributed by atoms with Crippen LogP contribution in [0.5, 0.6) is 5.75 Å². The first-order valence-electron chi connectivity index (χ1n) is 10.6. The zero-order valence-corrected chi connectivity index (χ0v) is 18.9.